The minimum absolute atomic E-state index is 0.177. The summed E-state index contributed by atoms with van der Waals surface area (Å²) in [6.45, 7) is 5.44. The normalized spacial score (nSPS) is 24.7. The maximum Gasteiger partial charge on any atom is 0.231 e. The van der Waals surface area contributed by atoms with Crippen LogP contribution in [0.3, 0.4) is 0 Å². The van der Waals surface area contributed by atoms with E-state index < -0.39 is 0 Å². The molecule has 0 spiro atoms. The number of carbonyl (C=O) groups is 1. The number of anilines is 2. The molecule has 1 fully saturated rings. The quantitative estimate of drug-likeness (QED) is 0.850. The van der Waals surface area contributed by atoms with Crippen LogP contribution in [0.5, 0.6) is 0 Å². The Labute approximate surface area is 114 Å². The van der Waals surface area contributed by atoms with Crippen LogP contribution in [0.25, 0.3) is 0 Å². The Morgan fingerprint density at radius 3 is 2.89 bits per heavy atom. The van der Waals surface area contributed by atoms with Gasteiger partial charge in [0.05, 0.1) is 6.42 Å². The van der Waals surface area contributed by atoms with Gasteiger partial charge in [0.15, 0.2) is 0 Å². The molecule has 0 saturated carbocycles. The van der Waals surface area contributed by atoms with Crippen LogP contribution in [-0.2, 0) is 11.2 Å². The molecule has 0 bridgehead atoms. The second kappa shape index (κ2) is 4.23. The minimum Gasteiger partial charge on any atom is -0.381 e. The first-order valence-corrected chi connectivity index (χ1v) is 6.86. The molecule has 1 atom stereocenters. The average Bonchev–Trinajstić information content (AvgIpc) is 2.80. The molecule has 1 aromatic carbocycles. The molecular formula is C15H21N3O. The molecule has 4 nitrogen and oxygen atoms in total. The van der Waals surface area contributed by atoms with Crippen LogP contribution < -0.4 is 15.5 Å². The minimum atomic E-state index is 0.177. The molecule has 0 aliphatic carbocycles. The molecule has 4 heteroatoms. The Hall–Kier alpha value is -1.55. The lowest BCUT2D eigenvalue weighted by atomic mass is 10.0. The number of amides is 1. The molecule has 2 heterocycles. The molecule has 0 radical (unpaired) electrons. The third-order valence-electron chi connectivity index (χ3n) is 4.11. The number of benzene rings is 1. The topological polar surface area (TPSA) is 44.4 Å². The Bertz CT molecular complexity index is 524. The summed E-state index contributed by atoms with van der Waals surface area (Å²) in [4.78, 5) is 13.4. The van der Waals surface area contributed by atoms with Crippen molar-refractivity contribution in [1.29, 1.82) is 0 Å². The zero-order chi connectivity index (χ0) is 13.6. The molecule has 2 aliphatic heterocycles. The molecule has 1 saturated heterocycles. The number of nitrogens with one attached hydrogen (secondary N) is 2. The Morgan fingerprint density at radius 2 is 2.21 bits per heavy atom. The van der Waals surface area contributed by atoms with E-state index >= 15 is 0 Å². The van der Waals surface area contributed by atoms with Gasteiger partial charge >= 0.3 is 0 Å². The number of nitrogens with zero attached hydrogens (tertiary/aromatic N) is 1. The van der Waals surface area contributed by atoms with Gasteiger partial charge in [-0.25, -0.2) is 0 Å². The fraction of sp³-hybridized carbons (Fsp3) is 0.533. The van der Waals surface area contributed by atoms with Crippen molar-refractivity contribution in [1.82, 2.24) is 5.32 Å². The summed E-state index contributed by atoms with van der Waals surface area (Å²) in [5, 5.41) is 7.07. The second-order valence-electron chi connectivity index (χ2n) is 6.28. The van der Waals surface area contributed by atoms with E-state index in [1.165, 1.54) is 0 Å². The summed E-state index contributed by atoms with van der Waals surface area (Å²) in [6, 6.07) is 6.68. The predicted octanol–water partition coefficient (Wildman–Crippen LogP) is 1.76. The number of hydrogen-bond acceptors (Lipinski definition) is 3. The summed E-state index contributed by atoms with van der Waals surface area (Å²) in [6.07, 6.45) is 1.64. The van der Waals surface area contributed by atoms with E-state index in [0.29, 0.717) is 12.5 Å². The molecule has 102 valence electrons. The van der Waals surface area contributed by atoms with Gasteiger partial charge in [0.2, 0.25) is 5.91 Å². The van der Waals surface area contributed by atoms with Crippen LogP contribution in [0.1, 0.15) is 25.8 Å². The van der Waals surface area contributed by atoms with E-state index in [1.54, 1.807) is 4.90 Å². The summed E-state index contributed by atoms with van der Waals surface area (Å²) < 4.78 is 0. The van der Waals surface area contributed by atoms with E-state index in [-0.39, 0.29) is 11.4 Å². The van der Waals surface area contributed by atoms with Crippen molar-refractivity contribution < 1.29 is 4.79 Å². The molecule has 1 amide bonds. The summed E-state index contributed by atoms with van der Waals surface area (Å²) >= 11 is 0. The molecule has 2 aliphatic rings. The van der Waals surface area contributed by atoms with Crippen LogP contribution in [0.15, 0.2) is 18.2 Å². The van der Waals surface area contributed by atoms with Crippen molar-refractivity contribution >= 4 is 17.3 Å². The van der Waals surface area contributed by atoms with Gasteiger partial charge in [-0.05, 0) is 44.0 Å². The van der Waals surface area contributed by atoms with Gasteiger partial charge in [-0.1, -0.05) is 0 Å². The van der Waals surface area contributed by atoms with Gasteiger partial charge in [0, 0.05) is 36.5 Å². The zero-order valence-electron chi connectivity index (χ0n) is 11.8. The summed E-state index contributed by atoms with van der Waals surface area (Å²) in [5.41, 5.74) is 3.50. The first-order valence-electron chi connectivity index (χ1n) is 6.86. The van der Waals surface area contributed by atoms with Crippen molar-refractivity contribution in [3.8, 4) is 0 Å². The van der Waals surface area contributed by atoms with E-state index in [2.05, 4.69) is 36.6 Å². The highest BCUT2D eigenvalue weighted by Crippen LogP contribution is 2.31. The Balaban J connectivity index is 1.74. The lowest BCUT2D eigenvalue weighted by Gasteiger charge is -2.18. The van der Waals surface area contributed by atoms with Crippen molar-refractivity contribution in [2.24, 2.45) is 0 Å². The van der Waals surface area contributed by atoms with E-state index in [4.69, 9.17) is 0 Å². The third kappa shape index (κ3) is 2.32. The van der Waals surface area contributed by atoms with Crippen LogP contribution >= 0.6 is 0 Å². The van der Waals surface area contributed by atoms with E-state index in [1.807, 2.05) is 13.1 Å². The van der Waals surface area contributed by atoms with E-state index in [9.17, 15) is 4.79 Å². The number of rotatable bonds is 2. The van der Waals surface area contributed by atoms with E-state index in [0.717, 1.165) is 29.9 Å². The van der Waals surface area contributed by atoms with Crippen LogP contribution in [-0.4, -0.2) is 31.1 Å². The molecular weight excluding hydrogens is 238 g/mol. The summed E-state index contributed by atoms with van der Waals surface area (Å²) in [7, 11) is 1.84. The first-order chi connectivity index (χ1) is 8.94. The largest absolute Gasteiger partial charge is 0.381 e. The Morgan fingerprint density at radius 1 is 1.42 bits per heavy atom. The molecule has 0 aromatic heterocycles. The average molecular weight is 259 g/mol. The fourth-order valence-corrected chi connectivity index (χ4v) is 3.06. The highest BCUT2D eigenvalue weighted by atomic mass is 16.2. The molecule has 3 rings (SSSR count). The van der Waals surface area contributed by atoms with Gasteiger partial charge in [-0.3, -0.25) is 4.79 Å². The second-order valence-corrected chi connectivity index (χ2v) is 6.28. The van der Waals surface area contributed by atoms with Crippen molar-refractivity contribution in [3.63, 3.8) is 0 Å². The fourth-order valence-electron chi connectivity index (χ4n) is 3.06. The maximum absolute atomic E-state index is 11.7. The van der Waals surface area contributed by atoms with Crippen molar-refractivity contribution in [2.45, 2.75) is 38.3 Å². The van der Waals surface area contributed by atoms with Gasteiger partial charge < -0.3 is 15.5 Å². The zero-order valence-corrected chi connectivity index (χ0v) is 11.8. The summed E-state index contributed by atoms with van der Waals surface area (Å²) in [5.74, 6) is 0.177. The van der Waals surface area contributed by atoms with Crippen LogP contribution in [0, 0.1) is 0 Å². The highest BCUT2D eigenvalue weighted by Gasteiger charge is 2.30. The lowest BCUT2D eigenvalue weighted by molar-refractivity contribution is -0.117. The third-order valence-corrected chi connectivity index (χ3v) is 4.11. The number of carbonyl (C=O) groups excluding carboxylic acids is 1. The van der Waals surface area contributed by atoms with Crippen molar-refractivity contribution in [3.05, 3.63) is 23.8 Å². The number of likely N-dealkylation sites (N-methyl/N-ethyl adjacent to an activating group) is 1. The van der Waals surface area contributed by atoms with Gasteiger partial charge in [-0.2, -0.15) is 0 Å². The van der Waals surface area contributed by atoms with Gasteiger partial charge in [0.25, 0.3) is 0 Å². The van der Waals surface area contributed by atoms with Gasteiger partial charge in [0.1, 0.15) is 0 Å². The Kier molecular flexibility index (Phi) is 2.78. The maximum atomic E-state index is 11.7. The molecule has 1 unspecified atom stereocenters. The lowest BCUT2D eigenvalue weighted by Crippen LogP contribution is -2.31. The molecule has 19 heavy (non-hydrogen) atoms. The first kappa shape index (κ1) is 12.5. The molecule has 1 aromatic rings. The smallest absolute Gasteiger partial charge is 0.231 e. The number of fused-ring (bicyclic) bond motifs is 1. The number of hydrogen-bond donors (Lipinski definition) is 2. The van der Waals surface area contributed by atoms with Gasteiger partial charge in [-0.15, -0.1) is 0 Å². The molecule has 2 N–H and O–H groups in total. The monoisotopic (exact) mass is 259 g/mol. The standard InChI is InChI=1S/C15H21N3O/c1-15(2)8-12(9-16-15)17-11-4-5-13-10(6-11)7-14(19)18(13)3/h4-6,12,16-17H,7-9H2,1-3H3. The highest BCUT2D eigenvalue weighted by molar-refractivity contribution is 6.01. The van der Waals surface area contributed by atoms with Crippen molar-refractivity contribution in [2.75, 3.05) is 23.8 Å². The van der Waals surface area contributed by atoms with Crippen LogP contribution in [0.2, 0.25) is 0 Å². The predicted molar refractivity (Wildman–Crippen MR) is 77.7 cm³/mol. The van der Waals surface area contributed by atoms with Crippen LogP contribution in [0.4, 0.5) is 11.4 Å². The SMILES string of the molecule is CN1C(=O)Cc2cc(NC3CNC(C)(C)C3)ccc21.